The Morgan fingerprint density at radius 3 is 2.64 bits per heavy atom. The minimum atomic E-state index is -0.696. The average molecular weight is 201 g/mol. The van der Waals surface area contributed by atoms with E-state index < -0.39 is 18.0 Å². The number of ether oxygens (including phenoxy) is 1. The van der Waals surface area contributed by atoms with Crippen LogP contribution >= 0.6 is 0 Å². The van der Waals surface area contributed by atoms with Gasteiger partial charge in [-0.3, -0.25) is 9.59 Å². The molecule has 80 valence electrons. The van der Waals surface area contributed by atoms with Crippen molar-refractivity contribution in [1.82, 2.24) is 4.90 Å². The summed E-state index contributed by atoms with van der Waals surface area (Å²) in [7, 11) is 1.28. The molecule has 0 aliphatic carbocycles. The molecule has 0 aromatic heterocycles. The van der Waals surface area contributed by atoms with Crippen LogP contribution in [-0.2, 0) is 14.3 Å². The summed E-state index contributed by atoms with van der Waals surface area (Å²) in [5, 5.41) is 9.53. The molecule has 0 bridgehead atoms. The van der Waals surface area contributed by atoms with Crippen LogP contribution in [0.4, 0.5) is 0 Å². The third-order valence-electron chi connectivity index (χ3n) is 2.53. The van der Waals surface area contributed by atoms with Gasteiger partial charge in [0.05, 0.1) is 13.2 Å². The highest BCUT2D eigenvalue weighted by Gasteiger charge is 2.34. The van der Waals surface area contributed by atoms with Crippen molar-refractivity contribution < 1.29 is 19.4 Å². The number of likely N-dealkylation sites (tertiary alicyclic amines) is 1. The minimum Gasteiger partial charge on any atom is -0.469 e. The maximum absolute atomic E-state index is 11.2. The van der Waals surface area contributed by atoms with Crippen molar-refractivity contribution in [2.75, 3.05) is 20.2 Å². The number of amides is 1. The number of hydrogen-bond acceptors (Lipinski definition) is 4. The second-order valence-electron chi connectivity index (χ2n) is 3.45. The Balaban J connectivity index is 2.64. The molecule has 0 aromatic carbocycles. The van der Waals surface area contributed by atoms with Gasteiger partial charge in [0.2, 0.25) is 5.91 Å². The Labute approximate surface area is 82.6 Å². The molecule has 2 atom stereocenters. The fourth-order valence-corrected chi connectivity index (χ4v) is 1.61. The molecule has 1 amide bonds. The molecule has 5 nitrogen and oxygen atoms in total. The van der Waals surface area contributed by atoms with Crippen molar-refractivity contribution in [2.45, 2.75) is 19.4 Å². The van der Waals surface area contributed by atoms with E-state index in [9.17, 15) is 14.7 Å². The van der Waals surface area contributed by atoms with Gasteiger partial charge in [-0.2, -0.15) is 0 Å². The highest BCUT2D eigenvalue weighted by Crippen LogP contribution is 2.18. The summed E-state index contributed by atoms with van der Waals surface area (Å²) in [5.41, 5.74) is 0. The van der Waals surface area contributed by atoms with E-state index in [-0.39, 0.29) is 12.5 Å². The maximum atomic E-state index is 11.2. The van der Waals surface area contributed by atoms with Gasteiger partial charge in [-0.1, -0.05) is 0 Å². The van der Waals surface area contributed by atoms with Crippen LogP contribution in [0.2, 0.25) is 0 Å². The summed E-state index contributed by atoms with van der Waals surface area (Å²) in [6, 6.07) is 0. The molecule has 1 saturated heterocycles. The molecule has 0 spiro atoms. The highest BCUT2D eigenvalue weighted by atomic mass is 16.5. The standard InChI is InChI=1S/C9H15NO4/c1-6(11)10-4-3-8(12)7(5-10)9(13)14-2/h7-8,12H,3-5H2,1-2H3. The first kappa shape index (κ1) is 11.0. The van der Waals surface area contributed by atoms with Gasteiger partial charge in [-0.15, -0.1) is 0 Å². The molecule has 1 N–H and O–H groups in total. The van der Waals surface area contributed by atoms with Gasteiger partial charge in [0.15, 0.2) is 0 Å². The lowest BCUT2D eigenvalue weighted by atomic mass is 9.95. The molecule has 0 radical (unpaired) electrons. The van der Waals surface area contributed by atoms with Gasteiger partial charge >= 0.3 is 5.97 Å². The summed E-state index contributed by atoms with van der Waals surface area (Å²) in [6.45, 7) is 2.21. The molecule has 0 aromatic rings. The smallest absolute Gasteiger partial charge is 0.313 e. The number of esters is 1. The van der Waals surface area contributed by atoms with Crippen molar-refractivity contribution >= 4 is 11.9 Å². The van der Waals surface area contributed by atoms with E-state index in [1.165, 1.54) is 14.0 Å². The third-order valence-corrected chi connectivity index (χ3v) is 2.53. The minimum absolute atomic E-state index is 0.0780. The molecule has 1 aliphatic rings. The number of nitrogens with zero attached hydrogens (tertiary/aromatic N) is 1. The molecule has 1 aliphatic heterocycles. The van der Waals surface area contributed by atoms with Crippen molar-refractivity contribution in [1.29, 1.82) is 0 Å². The quantitative estimate of drug-likeness (QED) is 0.575. The zero-order valence-electron chi connectivity index (χ0n) is 8.40. The number of carbonyl (C=O) groups is 2. The SMILES string of the molecule is COC(=O)C1CN(C(C)=O)CCC1O. The third kappa shape index (κ3) is 2.23. The summed E-state index contributed by atoms with van der Waals surface area (Å²) >= 11 is 0. The Morgan fingerprint density at radius 2 is 2.14 bits per heavy atom. The van der Waals surface area contributed by atoms with Crippen LogP contribution in [-0.4, -0.2) is 48.2 Å². The Kier molecular flexibility index (Phi) is 3.46. The first-order valence-electron chi connectivity index (χ1n) is 4.57. The molecule has 1 fully saturated rings. The summed E-state index contributed by atoms with van der Waals surface area (Å²) < 4.78 is 4.55. The van der Waals surface area contributed by atoms with E-state index in [1.807, 2.05) is 0 Å². The van der Waals surface area contributed by atoms with Gasteiger partial charge in [-0.25, -0.2) is 0 Å². The van der Waals surface area contributed by atoms with Crippen LogP contribution in [0.25, 0.3) is 0 Å². The van der Waals surface area contributed by atoms with Crippen molar-refractivity contribution in [3.05, 3.63) is 0 Å². The molecule has 5 heteroatoms. The van der Waals surface area contributed by atoms with Crippen molar-refractivity contribution in [2.24, 2.45) is 5.92 Å². The predicted octanol–water partition coefficient (Wildman–Crippen LogP) is -0.611. The second-order valence-corrected chi connectivity index (χ2v) is 3.45. The van der Waals surface area contributed by atoms with Crippen LogP contribution in [0.15, 0.2) is 0 Å². The lowest BCUT2D eigenvalue weighted by Gasteiger charge is -2.33. The Hall–Kier alpha value is -1.10. The normalized spacial score (nSPS) is 27.2. The fraction of sp³-hybridized carbons (Fsp3) is 0.778. The van der Waals surface area contributed by atoms with E-state index in [1.54, 1.807) is 4.90 Å². The first-order chi connectivity index (χ1) is 6.56. The fourth-order valence-electron chi connectivity index (χ4n) is 1.61. The lowest BCUT2D eigenvalue weighted by molar-refractivity contribution is -0.154. The number of piperidine rings is 1. The van der Waals surface area contributed by atoms with Gasteiger partial charge in [0.25, 0.3) is 0 Å². The zero-order valence-corrected chi connectivity index (χ0v) is 8.40. The number of rotatable bonds is 1. The number of aliphatic hydroxyl groups is 1. The van der Waals surface area contributed by atoms with Gasteiger partial charge in [0, 0.05) is 20.0 Å². The van der Waals surface area contributed by atoms with Crippen molar-refractivity contribution in [3.63, 3.8) is 0 Å². The second kappa shape index (κ2) is 4.41. The maximum Gasteiger partial charge on any atom is 0.313 e. The molecular weight excluding hydrogens is 186 g/mol. The van der Waals surface area contributed by atoms with Gasteiger partial charge in [-0.05, 0) is 6.42 Å². The van der Waals surface area contributed by atoms with E-state index in [0.29, 0.717) is 13.0 Å². The zero-order chi connectivity index (χ0) is 10.7. The Morgan fingerprint density at radius 1 is 1.50 bits per heavy atom. The van der Waals surface area contributed by atoms with Crippen LogP contribution in [0.5, 0.6) is 0 Å². The topological polar surface area (TPSA) is 66.8 Å². The van der Waals surface area contributed by atoms with Gasteiger partial charge in [0.1, 0.15) is 5.92 Å². The molecular formula is C9H15NO4. The monoisotopic (exact) mass is 201 g/mol. The average Bonchev–Trinajstić information content (AvgIpc) is 2.17. The number of carbonyl (C=O) groups excluding carboxylic acids is 2. The van der Waals surface area contributed by atoms with E-state index in [4.69, 9.17) is 0 Å². The first-order valence-corrected chi connectivity index (χ1v) is 4.57. The highest BCUT2D eigenvalue weighted by molar-refractivity contribution is 5.77. The summed E-state index contributed by atoms with van der Waals surface area (Å²) in [4.78, 5) is 23.8. The number of aliphatic hydroxyl groups excluding tert-OH is 1. The van der Waals surface area contributed by atoms with E-state index in [0.717, 1.165) is 0 Å². The molecule has 1 rings (SSSR count). The number of hydrogen-bond donors (Lipinski definition) is 1. The molecule has 2 unspecified atom stereocenters. The van der Waals surface area contributed by atoms with E-state index >= 15 is 0 Å². The molecule has 0 saturated carbocycles. The van der Waals surface area contributed by atoms with Crippen LogP contribution in [0, 0.1) is 5.92 Å². The summed E-state index contributed by atoms with van der Waals surface area (Å²) in [5.74, 6) is -1.13. The molecule has 1 heterocycles. The van der Waals surface area contributed by atoms with E-state index in [2.05, 4.69) is 4.74 Å². The van der Waals surface area contributed by atoms with Crippen LogP contribution in [0.1, 0.15) is 13.3 Å². The predicted molar refractivity (Wildman–Crippen MR) is 48.4 cm³/mol. The van der Waals surface area contributed by atoms with Crippen LogP contribution in [0.3, 0.4) is 0 Å². The van der Waals surface area contributed by atoms with Gasteiger partial charge < -0.3 is 14.7 Å². The Bertz CT molecular complexity index is 241. The lowest BCUT2D eigenvalue weighted by Crippen LogP contribution is -2.48. The van der Waals surface area contributed by atoms with Crippen molar-refractivity contribution in [3.8, 4) is 0 Å². The van der Waals surface area contributed by atoms with Crippen LogP contribution < -0.4 is 0 Å². The summed E-state index contributed by atoms with van der Waals surface area (Å²) in [6.07, 6.45) is -0.266. The number of methoxy groups -OCH3 is 1. The largest absolute Gasteiger partial charge is 0.469 e. The molecule has 14 heavy (non-hydrogen) atoms.